The highest BCUT2D eigenvalue weighted by molar-refractivity contribution is 7.92. The van der Waals surface area contributed by atoms with Crippen molar-refractivity contribution in [3.05, 3.63) is 23.3 Å². The summed E-state index contributed by atoms with van der Waals surface area (Å²) in [5.41, 5.74) is 0. The second-order valence-corrected chi connectivity index (χ2v) is 8.09. The van der Waals surface area contributed by atoms with Crippen LogP contribution in [-0.4, -0.2) is 51.8 Å². The maximum absolute atomic E-state index is 13.7. The summed E-state index contributed by atoms with van der Waals surface area (Å²) < 4.78 is 101. The van der Waals surface area contributed by atoms with Gasteiger partial charge in [-0.3, -0.25) is 0 Å². The highest BCUT2D eigenvalue weighted by Gasteiger charge is 2.37. The predicted molar refractivity (Wildman–Crippen MR) is 64.6 cm³/mol. The zero-order chi connectivity index (χ0) is 17.3. The molecule has 0 aliphatic carbocycles. The van der Waals surface area contributed by atoms with E-state index in [0.29, 0.717) is 0 Å². The first-order valence-electron chi connectivity index (χ1n) is 5.54. The van der Waals surface area contributed by atoms with E-state index in [2.05, 4.69) is 0 Å². The van der Waals surface area contributed by atoms with E-state index in [1.54, 1.807) is 0 Å². The van der Waals surface area contributed by atoms with E-state index >= 15 is 0 Å². The molecule has 0 unspecified atom stereocenters. The van der Waals surface area contributed by atoms with Gasteiger partial charge in [0.15, 0.2) is 42.9 Å². The zero-order valence-corrected chi connectivity index (χ0v) is 12.3. The number of halogens is 4. The van der Waals surface area contributed by atoms with Gasteiger partial charge in [-0.1, -0.05) is 0 Å². The van der Waals surface area contributed by atoms with Crippen molar-refractivity contribution in [2.24, 2.45) is 0 Å². The van der Waals surface area contributed by atoms with Crippen LogP contribution >= 0.6 is 0 Å². The standard InChI is InChI=1S/C10H10F4O6S2/c11-5-7(13)10(22(19,20)4-2-16)8(14)6(12)9(5)21(17,18)3-1-15/h15-16H,1-4H2. The molecule has 0 spiro atoms. The van der Waals surface area contributed by atoms with Crippen LogP contribution in [0.15, 0.2) is 9.79 Å². The van der Waals surface area contributed by atoms with Crippen molar-refractivity contribution in [3.8, 4) is 0 Å². The maximum Gasteiger partial charge on any atom is 0.186 e. The van der Waals surface area contributed by atoms with Crippen LogP contribution in [0.2, 0.25) is 0 Å². The van der Waals surface area contributed by atoms with Crippen molar-refractivity contribution in [3.63, 3.8) is 0 Å². The molecule has 22 heavy (non-hydrogen) atoms. The summed E-state index contributed by atoms with van der Waals surface area (Å²) in [4.78, 5) is -4.00. The van der Waals surface area contributed by atoms with Crippen LogP contribution in [-0.2, 0) is 19.7 Å². The minimum absolute atomic E-state index is 1.07. The summed E-state index contributed by atoms with van der Waals surface area (Å²) in [5.74, 6) is -12.1. The van der Waals surface area contributed by atoms with Crippen molar-refractivity contribution < 1.29 is 44.6 Å². The van der Waals surface area contributed by atoms with Crippen molar-refractivity contribution >= 4 is 19.7 Å². The Balaban J connectivity index is 3.81. The number of hydrogen-bond acceptors (Lipinski definition) is 6. The Morgan fingerprint density at radius 3 is 1.05 bits per heavy atom. The molecule has 0 aliphatic heterocycles. The number of benzene rings is 1. The van der Waals surface area contributed by atoms with Crippen LogP contribution < -0.4 is 0 Å². The Kier molecular flexibility index (Phi) is 5.54. The number of aliphatic hydroxyl groups excluding tert-OH is 2. The smallest absolute Gasteiger partial charge is 0.186 e. The molecule has 0 aliphatic rings. The summed E-state index contributed by atoms with van der Waals surface area (Å²) in [6.07, 6.45) is 0. The van der Waals surface area contributed by atoms with E-state index in [1.165, 1.54) is 0 Å². The van der Waals surface area contributed by atoms with Gasteiger partial charge >= 0.3 is 0 Å². The molecule has 1 aromatic carbocycles. The third kappa shape index (κ3) is 3.24. The molecule has 1 rings (SSSR count). The number of sulfone groups is 2. The van der Waals surface area contributed by atoms with Crippen molar-refractivity contribution in [2.75, 3.05) is 24.7 Å². The Hall–Kier alpha value is -1.24. The summed E-state index contributed by atoms with van der Waals surface area (Å²) >= 11 is 0. The monoisotopic (exact) mass is 366 g/mol. The lowest BCUT2D eigenvalue weighted by molar-refractivity contribution is 0.317. The molecule has 1 aromatic rings. The summed E-state index contributed by atoms with van der Waals surface area (Å²) in [6, 6.07) is 0. The molecule has 0 aromatic heterocycles. The molecular weight excluding hydrogens is 356 g/mol. The first-order chi connectivity index (χ1) is 10.0. The van der Waals surface area contributed by atoms with Crippen LogP contribution in [0, 0.1) is 23.3 Å². The molecule has 0 saturated heterocycles. The lowest BCUT2D eigenvalue weighted by Crippen LogP contribution is -2.21. The Bertz CT molecular complexity index is 692. The number of rotatable bonds is 6. The second kappa shape index (κ2) is 6.48. The predicted octanol–water partition coefficient (Wildman–Crippen LogP) is -0.225. The topological polar surface area (TPSA) is 109 Å². The van der Waals surface area contributed by atoms with Gasteiger partial charge in [0.05, 0.1) is 24.7 Å². The molecule has 0 amide bonds. The molecule has 0 saturated carbocycles. The lowest BCUT2D eigenvalue weighted by atomic mass is 10.3. The van der Waals surface area contributed by atoms with E-state index in [9.17, 15) is 34.4 Å². The fourth-order valence-corrected chi connectivity index (χ4v) is 3.92. The minimum atomic E-state index is -4.92. The molecule has 2 N–H and O–H groups in total. The van der Waals surface area contributed by atoms with E-state index in [4.69, 9.17) is 10.2 Å². The van der Waals surface area contributed by atoms with Gasteiger partial charge in [0.1, 0.15) is 9.79 Å². The van der Waals surface area contributed by atoms with Gasteiger partial charge in [0.2, 0.25) is 0 Å². The minimum Gasteiger partial charge on any atom is -0.395 e. The molecule has 6 nitrogen and oxygen atoms in total. The molecule has 12 heteroatoms. The van der Waals surface area contributed by atoms with Crippen molar-refractivity contribution in [2.45, 2.75) is 9.79 Å². The van der Waals surface area contributed by atoms with Gasteiger partial charge < -0.3 is 10.2 Å². The SMILES string of the molecule is O=S(=O)(CCO)c1c(F)c(F)c(S(=O)(=O)CCO)c(F)c1F. The second-order valence-electron chi connectivity index (χ2n) is 4.00. The Morgan fingerprint density at radius 1 is 0.636 bits per heavy atom. The number of hydrogen-bond donors (Lipinski definition) is 2. The van der Waals surface area contributed by atoms with Crippen LogP contribution in [0.4, 0.5) is 17.6 Å². The molecule has 0 atom stereocenters. The third-order valence-corrected chi connectivity index (χ3v) is 5.93. The lowest BCUT2D eigenvalue weighted by Gasteiger charge is -2.12. The molecule has 0 bridgehead atoms. The maximum atomic E-state index is 13.7. The Morgan fingerprint density at radius 2 is 0.864 bits per heavy atom. The van der Waals surface area contributed by atoms with Crippen LogP contribution in [0.1, 0.15) is 0 Å². The van der Waals surface area contributed by atoms with Gasteiger partial charge in [-0.05, 0) is 0 Å². The van der Waals surface area contributed by atoms with E-state index in [1.807, 2.05) is 0 Å². The first kappa shape index (κ1) is 18.8. The van der Waals surface area contributed by atoms with Crippen LogP contribution in [0.5, 0.6) is 0 Å². The van der Waals surface area contributed by atoms with Crippen molar-refractivity contribution in [1.29, 1.82) is 0 Å². The number of aliphatic hydroxyl groups is 2. The highest BCUT2D eigenvalue weighted by atomic mass is 32.2. The van der Waals surface area contributed by atoms with E-state index < -0.39 is 77.5 Å². The highest BCUT2D eigenvalue weighted by Crippen LogP contribution is 2.31. The Labute approximate surface area is 122 Å². The van der Waals surface area contributed by atoms with Crippen LogP contribution in [0.25, 0.3) is 0 Å². The van der Waals surface area contributed by atoms with Gasteiger partial charge in [0.25, 0.3) is 0 Å². The summed E-state index contributed by atoms with van der Waals surface area (Å²) in [6.45, 7) is -2.15. The van der Waals surface area contributed by atoms with E-state index in [-0.39, 0.29) is 0 Å². The third-order valence-electron chi connectivity index (χ3n) is 2.52. The van der Waals surface area contributed by atoms with Crippen LogP contribution in [0.3, 0.4) is 0 Å². The zero-order valence-electron chi connectivity index (χ0n) is 10.7. The molecule has 0 radical (unpaired) electrons. The van der Waals surface area contributed by atoms with Gasteiger partial charge in [-0.2, -0.15) is 0 Å². The summed E-state index contributed by atoms with van der Waals surface area (Å²) in [7, 11) is -9.83. The fourth-order valence-electron chi connectivity index (χ4n) is 1.58. The largest absolute Gasteiger partial charge is 0.395 e. The van der Waals surface area contributed by atoms with E-state index in [0.717, 1.165) is 0 Å². The molecule has 126 valence electrons. The van der Waals surface area contributed by atoms with Gasteiger partial charge in [-0.25, -0.2) is 34.4 Å². The average Bonchev–Trinajstić information content (AvgIpc) is 2.36. The fraction of sp³-hybridized carbons (Fsp3) is 0.400. The summed E-state index contributed by atoms with van der Waals surface area (Å²) in [5, 5.41) is 17.0. The van der Waals surface area contributed by atoms with Crippen molar-refractivity contribution in [1.82, 2.24) is 0 Å². The molecular formula is C10H10F4O6S2. The van der Waals surface area contributed by atoms with Gasteiger partial charge in [0, 0.05) is 0 Å². The molecule has 0 heterocycles. The van der Waals surface area contributed by atoms with Gasteiger partial charge in [-0.15, -0.1) is 0 Å². The molecule has 0 fully saturated rings. The normalized spacial score (nSPS) is 12.6. The quantitative estimate of drug-likeness (QED) is 0.532. The first-order valence-corrected chi connectivity index (χ1v) is 8.85. The average molecular weight is 366 g/mol.